The van der Waals surface area contributed by atoms with E-state index in [0.717, 1.165) is 6.07 Å². The Morgan fingerprint density at radius 2 is 2.04 bits per heavy atom. The number of nitrogens with zero attached hydrogens (tertiary/aromatic N) is 4. The Kier molecular flexibility index (Phi) is 4.37. The predicted octanol–water partition coefficient (Wildman–Crippen LogP) is 4.75. The maximum Gasteiger partial charge on any atom is 0.347 e. The van der Waals surface area contributed by atoms with Crippen LogP contribution in [0.3, 0.4) is 0 Å². The van der Waals surface area contributed by atoms with Crippen LogP contribution in [0.25, 0.3) is 28.3 Å². The van der Waals surface area contributed by atoms with E-state index < -0.39 is 11.4 Å². The Bertz CT molecular complexity index is 1220. The molecule has 0 radical (unpaired) electrons. The van der Waals surface area contributed by atoms with E-state index in [9.17, 15) is 9.18 Å². The number of rotatable bonds is 2. The second-order valence-electron chi connectivity index (χ2n) is 5.16. The lowest BCUT2D eigenvalue weighted by Crippen LogP contribution is -2.07. The molecule has 0 atom stereocenters. The van der Waals surface area contributed by atoms with Crippen LogP contribution in [0.4, 0.5) is 4.39 Å². The van der Waals surface area contributed by atoms with Gasteiger partial charge in [-0.2, -0.15) is 5.10 Å². The molecule has 0 unspecified atom stereocenters. The van der Waals surface area contributed by atoms with Gasteiger partial charge in [-0.15, -0.1) is 0 Å². The summed E-state index contributed by atoms with van der Waals surface area (Å²) in [5.74, 6) is -0.230. The topological polar surface area (TPSA) is 73.8 Å². The zero-order valence-electron chi connectivity index (χ0n) is 12.6. The lowest BCUT2D eigenvalue weighted by Gasteiger charge is -2.07. The molecule has 3 aromatic heterocycles. The molecule has 0 aliphatic carbocycles. The van der Waals surface area contributed by atoms with Crippen LogP contribution < -0.4 is 5.63 Å². The average molecular weight is 501 g/mol. The molecule has 26 heavy (non-hydrogen) atoms. The first-order chi connectivity index (χ1) is 12.4. The van der Waals surface area contributed by atoms with Crippen molar-refractivity contribution < 1.29 is 8.81 Å². The monoisotopic (exact) mass is 498 g/mol. The van der Waals surface area contributed by atoms with Gasteiger partial charge in [0.05, 0.1) is 15.9 Å². The molecule has 0 fully saturated rings. The first-order valence-electron chi connectivity index (χ1n) is 7.11. The highest BCUT2D eigenvalue weighted by atomic mass is 79.9. The highest BCUT2D eigenvalue weighted by molar-refractivity contribution is 9.10. The van der Waals surface area contributed by atoms with Crippen LogP contribution in [0.15, 0.2) is 54.8 Å². The summed E-state index contributed by atoms with van der Waals surface area (Å²) in [6.45, 7) is 0. The molecule has 0 saturated heterocycles. The Morgan fingerprint density at radius 1 is 1.23 bits per heavy atom. The average Bonchev–Trinajstić information content (AvgIpc) is 2.97. The van der Waals surface area contributed by atoms with Gasteiger partial charge in [0.25, 0.3) is 0 Å². The van der Waals surface area contributed by atoms with Crippen molar-refractivity contribution in [3.63, 3.8) is 0 Å². The summed E-state index contributed by atoms with van der Waals surface area (Å²) in [4.78, 5) is 20.9. The zero-order chi connectivity index (χ0) is 18.4. The highest BCUT2D eigenvalue weighted by Crippen LogP contribution is 2.29. The number of benzene rings is 1. The van der Waals surface area contributed by atoms with E-state index in [2.05, 4.69) is 46.9 Å². The molecule has 0 aliphatic rings. The van der Waals surface area contributed by atoms with Crippen LogP contribution in [-0.2, 0) is 0 Å². The summed E-state index contributed by atoms with van der Waals surface area (Å²) < 4.78 is 21.1. The molecule has 4 aromatic rings. The van der Waals surface area contributed by atoms with E-state index >= 15 is 0 Å². The SMILES string of the molecule is O=c1oc(-c2cc(Br)nn2-c2ncccc2Cl)nc2c(Br)cc(F)cc12. The van der Waals surface area contributed by atoms with Crippen LogP contribution in [0.5, 0.6) is 0 Å². The first kappa shape index (κ1) is 17.3. The van der Waals surface area contributed by atoms with Gasteiger partial charge in [0.2, 0.25) is 5.89 Å². The van der Waals surface area contributed by atoms with Gasteiger partial charge in [-0.25, -0.2) is 23.8 Å². The van der Waals surface area contributed by atoms with Crippen molar-refractivity contribution in [1.29, 1.82) is 0 Å². The van der Waals surface area contributed by atoms with Gasteiger partial charge in [0.1, 0.15) is 16.1 Å². The Balaban J connectivity index is 2.01. The minimum atomic E-state index is -0.721. The molecule has 10 heteroatoms. The van der Waals surface area contributed by atoms with Crippen molar-refractivity contribution in [2.45, 2.75) is 0 Å². The van der Waals surface area contributed by atoms with Crippen LogP contribution in [0.2, 0.25) is 5.02 Å². The third-order valence-corrected chi connectivity index (χ3v) is 4.78. The van der Waals surface area contributed by atoms with E-state index in [0.29, 0.717) is 25.6 Å². The second-order valence-corrected chi connectivity index (χ2v) is 7.24. The molecule has 3 heterocycles. The van der Waals surface area contributed by atoms with Crippen molar-refractivity contribution >= 4 is 54.4 Å². The zero-order valence-corrected chi connectivity index (χ0v) is 16.5. The second kappa shape index (κ2) is 6.57. The minimum absolute atomic E-state index is 0.00488. The molecule has 0 amide bonds. The summed E-state index contributed by atoms with van der Waals surface area (Å²) in [6.07, 6.45) is 1.56. The maximum absolute atomic E-state index is 13.6. The number of hydrogen-bond acceptors (Lipinski definition) is 5. The third kappa shape index (κ3) is 2.95. The Hall–Kier alpha value is -2.10. The summed E-state index contributed by atoms with van der Waals surface area (Å²) in [5, 5.41) is 4.66. The van der Waals surface area contributed by atoms with Crippen LogP contribution in [0.1, 0.15) is 0 Å². The summed E-state index contributed by atoms with van der Waals surface area (Å²) in [5.41, 5.74) is -0.0949. The van der Waals surface area contributed by atoms with E-state index in [4.69, 9.17) is 16.0 Å². The number of fused-ring (bicyclic) bond motifs is 1. The summed E-state index contributed by atoms with van der Waals surface area (Å²) in [7, 11) is 0. The lowest BCUT2D eigenvalue weighted by molar-refractivity contribution is 0.512. The van der Waals surface area contributed by atoms with E-state index in [1.54, 1.807) is 24.4 Å². The maximum atomic E-state index is 13.6. The number of hydrogen-bond donors (Lipinski definition) is 0. The normalized spacial score (nSPS) is 11.2. The first-order valence-corrected chi connectivity index (χ1v) is 9.07. The molecule has 0 spiro atoms. The van der Waals surface area contributed by atoms with Gasteiger partial charge < -0.3 is 4.42 Å². The molecule has 1 aromatic carbocycles. The fourth-order valence-corrected chi connectivity index (χ4v) is 3.51. The van der Waals surface area contributed by atoms with Crippen molar-refractivity contribution in [2.75, 3.05) is 0 Å². The lowest BCUT2D eigenvalue weighted by atomic mass is 10.2. The summed E-state index contributed by atoms with van der Waals surface area (Å²) in [6, 6.07) is 7.25. The molecule has 130 valence electrons. The number of aromatic nitrogens is 4. The van der Waals surface area contributed by atoms with Gasteiger partial charge in [-0.05, 0) is 56.1 Å². The number of pyridine rings is 1. The van der Waals surface area contributed by atoms with Crippen LogP contribution in [0, 0.1) is 5.82 Å². The third-order valence-electron chi connectivity index (χ3n) is 3.49. The fraction of sp³-hybridized carbons (Fsp3) is 0. The van der Waals surface area contributed by atoms with E-state index in [-0.39, 0.29) is 16.8 Å². The molecule has 0 N–H and O–H groups in total. The van der Waals surface area contributed by atoms with Crippen molar-refractivity contribution in [1.82, 2.24) is 19.7 Å². The van der Waals surface area contributed by atoms with E-state index in [1.165, 1.54) is 10.7 Å². The van der Waals surface area contributed by atoms with Crippen molar-refractivity contribution in [2.24, 2.45) is 0 Å². The van der Waals surface area contributed by atoms with Crippen molar-refractivity contribution in [3.8, 4) is 17.4 Å². The molecule has 0 aliphatic heterocycles. The Labute approximate surface area is 166 Å². The standard InChI is InChI=1S/C16H6Br2ClFN4O2/c17-9-5-7(20)4-8-13(9)22-15(26-16(8)25)11-6-12(18)23-24(11)14-10(19)2-1-3-21-14/h1-6H. The quantitative estimate of drug-likeness (QED) is 0.397. The van der Waals surface area contributed by atoms with Crippen molar-refractivity contribution in [3.05, 3.63) is 66.9 Å². The minimum Gasteiger partial charge on any atom is -0.401 e. The molecule has 0 saturated carbocycles. The van der Waals surface area contributed by atoms with Gasteiger partial charge >= 0.3 is 5.63 Å². The fourth-order valence-electron chi connectivity index (χ4n) is 2.41. The molecular weight excluding hydrogens is 494 g/mol. The Morgan fingerprint density at radius 3 is 2.81 bits per heavy atom. The molecule has 0 bridgehead atoms. The van der Waals surface area contributed by atoms with E-state index in [1.807, 2.05) is 0 Å². The van der Waals surface area contributed by atoms with Gasteiger partial charge in [-0.1, -0.05) is 11.6 Å². The highest BCUT2D eigenvalue weighted by Gasteiger charge is 2.19. The molecule has 4 rings (SSSR count). The smallest absolute Gasteiger partial charge is 0.347 e. The van der Waals surface area contributed by atoms with Gasteiger partial charge in [0.15, 0.2) is 5.82 Å². The van der Waals surface area contributed by atoms with Gasteiger partial charge in [0, 0.05) is 16.7 Å². The number of halogens is 4. The summed E-state index contributed by atoms with van der Waals surface area (Å²) >= 11 is 12.7. The molecule has 6 nitrogen and oxygen atoms in total. The van der Waals surface area contributed by atoms with Crippen LogP contribution >= 0.6 is 43.5 Å². The van der Waals surface area contributed by atoms with Crippen LogP contribution in [-0.4, -0.2) is 19.7 Å². The largest absolute Gasteiger partial charge is 0.401 e. The molecular formula is C16H6Br2ClFN4O2. The van der Waals surface area contributed by atoms with Gasteiger partial charge in [-0.3, -0.25) is 0 Å². The predicted molar refractivity (Wildman–Crippen MR) is 101 cm³/mol.